The predicted molar refractivity (Wildman–Crippen MR) is 67.7 cm³/mol. The van der Waals surface area contributed by atoms with Crippen LogP contribution in [0.4, 0.5) is 0 Å². The van der Waals surface area contributed by atoms with Crippen molar-refractivity contribution in [1.29, 1.82) is 0 Å². The molecule has 1 amide bonds. The second-order valence-electron chi connectivity index (χ2n) is 4.36. The van der Waals surface area contributed by atoms with E-state index in [9.17, 15) is 9.59 Å². The van der Waals surface area contributed by atoms with E-state index in [4.69, 9.17) is 5.11 Å². The number of rotatable bonds is 4. The van der Waals surface area contributed by atoms with Gasteiger partial charge < -0.3 is 10.0 Å². The average molecular weight is 245 g/mol. The highest BCUT2D eigenvalue weighted by molar-refractivity contribution is 5.87. The zero-order chi connectivity index (χ0) is 13.1. The molecule has 0 aliphatic carbocycles. The van der Waals surface area contributed by atoms with Crippen LogP contribution in [-0.2, 0) is 16.1 Å². The molecule has 1 atom stereocenters. The number of nitrogens with zero attached hydrogens (tertiary/aromatic N) is 1. The fraction of sp³-hybridized carbons (Fsp3) is 0.286. The predicted octanol–water partition coefficient (Wildman–Crippen LogP) is 1.91. The third-order valence-electron chi connectivity index (χ3n) is 3.18. The first kappa shape index (κ1) is 12.4. The number of carboxylic acids is 1. The van der Waals surface area contributed by atoms with E-state index < -0.39 is 12.0 Å². The number of hydrogen-bond donors (Lipinski definition) is 1. The lowest BCUT2D eigenvalue weighted by molar-refractivity contribution is -0.146. The Bertz CT molecular complexity index is 478. The normalized spacial score (nSPS) is 19.0. The van der Waals surface area contributed by atoms with Crippen LogP contribution in [0.15, 0.2) is 30.8 Å². The number of carbonyl (C=O) groups excluding carboxylic acids is 1. The van der Waals surface area contributed by atoms with Crippen LogP contribution in [0.25, 0.3) is 6.08 Å². The first-order valence-electron chi connectivity index (χ1n) is 5.85. The molecule has 1 aliphatic rings. The van der Waals surface area contributed by atoms with E-state index >= 15 is 0 Å². The minimum Gasteiger partial charge on any atom is -0.480 e. The Kier molecular flexibility index (Phi) is 3.46. The van der Waals surface area contributed by atoms with E-state index in [1.165, 1.54) is 4.90 Å². The van der Waals surface area contributed by atoms with Crippen molar-refractivity contribution in [2.24, 2.45) is 0 Å². The van der Waals surface area contributed by atoms with Crippen molar-refractivity contribution in [2.45, 2.75) is 25.4 Å². The number of benzene rings is 1. The summed E-state index contributed by atoms with van der Waals surface area (Å²) in [4.78, 5) is 24.1. The maximum atomic E-state index is 11.7. The summed E-state index contributed by atoms with van der Waals surface area (Å²) >= 11 is 0. The van der Waals surface area contributed by atoms with Crippen molar-refractivity contribution in [1.82, 2.24) is 4.90 Å². The Morgan fingerprint density at radius 2 is 2.11 bits per heavy atom. The molecular formula is C14H15NO3. The standard InChI is InChI=1S/C14H15NO3/c1-2-10-3-5-11(6-4-10)9-15-12(14(17)18)7-8-13(15)16/h2-6,12H,1,7-9H2,(H,17,18)/t12-/m0/s1. The Hall–Kier alpha value is -2.10. The third-order valence-corrected chi connectivity index (χ3v) is 3.18. The molecule has 0 saturated carbocycles. The van der Waals surface area contributed by atoms with E-state index in [1.807, 2.05) is 24.3 Å². The topological polar surface area (TPSA) is 57.6 Å². The Morgan fingerprint density at radius 3 is 2.67 bits per heavy atom. The molecule has 1 heterocycles. The quantitative estimate of drug-likeness (QED) is 0.881. The Morgan fingerprint density at radius 1 is 1.44 bits per heavy atom. The molecule has 0 unspecified atom stereocenters. The highest BCUT2D eigenvalue weighted by Crippen LogP contribution is 2.21. The van der Waals surface area contributed by atoms with E-state index in [0.29, 0.717) is 19.4 Å². The largest absolute Gasteiger partial charge is 0.480 e. The minimum absolute atomic E-state index is 0.0878. The van der Waals surface area contributed by atoms with Gasteiger partial charge in [0.05, 0.1) is 0 Å². The number of likely N-dealkylation sites (tertiary alicyclic amines) is 1. The molecule has 1 aromatic carbocycles. The molecule has 0 bridgehead atoms. The SMILES string of the molecule is C=Cc1ccc(CN2C(=O)CC[C@H]2C(=O)O)cc1. The van der Waals surface area contributed by atoms with E-state index in [0.717, 1.165) is 11.1 Å². The zero-order valence-electron chi connectivity index (χ0n) is 10.0. The van der Waals surface area contributed by atoms with Gasteiger partial charge in [0.2, 0.25) is 5.91 Å². The van der Waals surface area contributed by atoms with Crippen molar-refractivity contribution in [3.05, 3.63) is 42.0 Å². The van der Waals surface area contributed by atoms with Crippen molar-refractivity contribution < 1.29 is 14.7 Å². The molecule has 0 aromatic heterocycles. The summed E-state index contributed by atoms with van der Waals surface area (Å²) < 4.78 is 0. The number of hydrogen-bond acceptors (Lipinski definition) is 2. The van der Waals surface area contributed by atoms with Crippen LogP contribution in [-0.4, -0.2) is 27.9 Å². The molecule has 0 spiro atoms. The first-order chi connectivity index (χ1) is 8.61. The Labute approximate surface area is 106 Å². The van der Waals surface area contributed by atoms with Gasteiger partial charge in [0.1, 0.15) is 6.04 Å². The van der Waals surface area contributed by atoms with Gasteiger partial charge in [-0.15, -0.1) is 0 Å². The summed E-state index contributed by atoms with van der Waals surface area (Å²) in [5, 5.41) is 9.05. The molecule has 1 aromatic rings. The van der Waals surface area contributed by atoms with Crippen LogP contribution in [0.5, 0.6) is 0 Å². The van der Waals surface area contributed by atoms with Crippen LogP contribution in [0.3, 0.4) is 0 Å². The van der Waals surface area contributed by atoms with Crippen molar-refractivity contribution in [3.63, 3.8) is 0 Å². The summed E-state index contributed by atoms with van der Waals surface area (Å²) in [7, 11) is 0. The average Bonchev–Trinajstić information content (AvgIpc) is 2.72. The van der Waals surface area contributed by atoms with Crippen LogP contribution < -0.4 is 0 Å². The summed E-state index contributed by atoms with van der Waals surface area (Å²) in [6, 6.07) is 6.90. The fourth-order valence-corrected chi connectivity index (χ4v) is 2.14. The van der Waals surface area contributed by atoms with Crippen LogP contribution in [0.2, 0.25) is 0 Å². The fourth-order valence-electron chi connectivity index (χ4n) is 2.14. The maximum Gasteiger partial charge on any atom is 0.326 e. The van der Waals surface area contributed by atoms with Gasteiger partial charge >= 0.3 is 5.97 Å². The van der Waals surface area contributed by atoms with E-state index in [2.05, 4.69) is 6.58 Å². The van der Waals surface area contributed by atoms with Gasteiger partial charge in [-0.2, -0.15) is 0 Å². The number of carboxylic acid groups (broad SMARTS) is 1. The summed E-state index contributed by atoms with van der Waals surface area (Å²) in [5.41, 5.74) is 1.93. The van der Waals surface area contributed by atoms with Crippen LogP contribution in [0.1, 0.15) is 24.0 Å². The summed E-state index contributed by atoms with van der Waals surface area (Å²) in [6.45, 7) is 4.02. The van der Waals surface area contributed by atoms with Crippen molar-refractivity contribution in [3.8, 4) is 0 Å². The van der Waals surface area contributed by atoms with Gasteiger partial charge in [0.15, 0.2) is 0 Å². The molecule has 1 aliphatic heterocycles. The van der Waals surface area contributed by atoms with Gasteiger partial charge in [-0.1, -0.05) is 36.9 Å². The van der Waals surface area contributed by atoms with Gasteiger partial charge in [0.25, 0.3) is 0 Å². The molecule has 94 valence electrons. The summed E-state index contributed by atoms with van der Waals surface area (Å²) in [5.74, 6) is -1.02. The highest BCUT2D eigenvalue weighted by atomic mass is 16.4. The lowest BCUT2D eigenvalue weighted by atomic mass is 10.1. The molecule has 4 heteroatoms. The van der Waals surface area contributed by atoms with E-state index in [1.54, 1.807) is 6.08 Å². The Balaban J connectivity index is 2.13. The lowest BCUT2D eigenvalue weighted by Crippen LogP contribution is -2.37. The van der Waals surface area contributed by atoms with Crippen LogP contribution in [0, 0.1) is 0 Å². The second-order valence-corrected chi connectivity index (χ2v) is 4.36. The molecule has 1 saturated heterocycles. The van der Waals surface area contributed by atoms with Crippen molar-refractivity contribution >= 4 is 18.0 Å². The molecule has 1 fully saturated rings. The summed E-state index contributed by atoms with van der Waals surface area (Å²) in [6.07, 6.45) is 2.46. The molecule has 4 nitrogen and oxygen atoms in total. The molecule has 2 rings (SSSR count). The zero-order valence-corrected chi connectivity index (χ0v) is 10.0. The highest BCUT2D eigenvalue weighted by Gasteiger charge is 2.35. The van der Waals surface area contributed by atoms with E-state index in [-0.39, 0.29) is 5.91 Å². The van der Waals surface area contributed by atoms with Gasteiger partial charge in [-0.25, -0.2) is 4.79 Å². The van der Waals surface area contributed by atoms with Crippen molar-refractivity contribution in [2.75, 3.05) is 0 Å². The number of carbonyl (C=O) groups is 2. The van der Waals surface area contributed by atoms with Gasteiger partial charge in [-0.3, -0.25) is 4.79 Å². The smallest absolute Gasteiger partial charge is 0.326 e. The second kappa shape index (κ2) is 5.04. The third kappa shape index (κ3) is 2.42. The van der Waals surface area contributed by atoms with Gasteiger partial charge in [0, 0.05) is 13.0 Å². The first-order valence-corrected chi connectivity index (χ1v) is 5.85. The monoisotopic (exact) mass is 245 g/mol. The number of aliphatic carboxylic acids is 1. The lowest BCUT2D eigenvalue weighted by Gasteiger charge is -2.21. The molecular weight excluding hydrogens is 230 g/mol. The molecule has 0 radical (unpaired) electrons. The van der Waals surface area contributed by atoms with Gasteiger partial charge in [-0.05, 0) is 17.5 Å². The minimum atomic E-state index is -0.927. The maximum absolute atomic E-state index is 11.7. The van der Waals surface area contributed by atoms with Crippen LogP contribution >= 0.6 is 0 Å². The molecule has 1 N–H and O–H groups in total. The molecule has 18 heavy (non-hydrogen) atoms. The number of amides is 1.